The number of rotatable bonds is 9. The molecule has 0 aromatic heterocycles. The third kappa shape index (κ3) is 6.69. The van der Waals surface area contributed by atoms with E-state index in [0.29, 0.717) is 53.0 Å². The van der Waals surface area contributed by atoms with E-state index in [1.165, 1.54) is 19.3 Å². The highest BCUT2D eigenvalue weighted by molar-refractivity contribution is 8.18. The quantitative estimate of drug-likeness (QED) is 0.386. The van der Waals surface area contributed by atoms with Crippen molar-refractivity contribution in [2.45, 2.75) is 20.0 Å². The van der Waals surface area contributed by atoms with Crippen molar-refractivity contribution in [2.75, 3.05) is 32.2 Å². The van der Waals surface area contributed by atoms with Gasteiger partial charge in [0, 0.05) is 6.07 Å². The third-order valence-corrected chi connectivity index (χ3v) is 6.16. The number of anilines is 1. The summed E-state index contributed by atoms with van der Waals surface area (Å²) in [5.41, 5.74) is -0.872. The van der Waals surface area contributed by atoms with Crippen molar-refractivity contribution in [3.63, 3.8) is 0 Å². The molecular formula is C24H22ClF3N2O6S. The van der Waals surface area contributed by atoms with E-state index >= 15 is 0 Å². The Balaban J connectivity index is 1.80. The highest BCUT2D eigenvalue weighted by Crippen LogP contribution is 2.38. The first-order valence-electron chi connectivity index (χ1n) is 10.9. The molecule has 0 radical (unpaired) electrons. The minimum atomic E-state index is -4.65. The number of carbonyl (C=O) groups excluding carboxylic acids is 3. The average molecular weight is 559 g/mol. The topological polar surface area (TPSA) is 94.2 Å². The smallest absolute Gasteiger partial charge is 0.416 e. The van der Waals surface area contributed by atoms with Crippen LogP contribution in [0.25, 0.3) is 6.08 Å². The molecule has 1 heterocycles. The fourth-order valence-corrected chi connectivity index (χ4v) is 4.33. The molecule has 1 fully saturated rings. The number of halogens is 4. The number of thioether (sulfide) groups is 1. The average Bonchev–Trinajstić information content (AvgIpc) is 3.08. The van der Waals surface area contributed by atoms with E-state index in [2.05, 4.69) is 5.32 Å². The van der Waals surface area contributed by atoms with Crippen LogP contribution in [0.15, 0.2) is 35.2 Å². The Bertz CT molecular complexity index is 1250. The number of hydrogen-bond donors (Lipinski definition) is 1. The van der Waals surface area contributed by atoms with Crippen LogP contribution in [-0.4, -0.2) is 48.8 Å². The maximum atomic E-state index is 13.1. The van der Waals surface area contributed by atoms with E-state index in [1.807, 2.05) is 0 Å². The summed E-state index contributed by atoms with van der Waals surface area (Å²) in [5.74, 6) is -0.858. The fraction of sp³-hybridized carbons (Fsp3) is 0.292. The second kappa shape index (κ2) is 11.8. The summed E-state index contributed by atoms with van der Waals surface area (Å²) in [6.45, 7) is 3.59. The first-order valence-corrected chi connectivity index (χ1v) is 12.1. The number of nitrogens with one attached hydrogen (secondary N) is 1. The van der Waals surface area contributed by atoms with E-state index in [1.54, 1.807) is 19.9 Å². The molecule has 1 saturated heterocycles. The molecule has 0 atom stereocenters. The molecule has 37 heavy (non-hydrogen) atoms. The molecule has 198 valence electrons. The van der Waals surface area contributed by atoms with Crippen LogP contribution in [0.3, 0.4) is 0 Å². The molecular weight excluding hydrogens is 537 g/mol. The molecule has 0 unspecified atom stereocenters. The van der Waals surface area contributed by atoms with Crippen molar-refractivity contribution in [1.29, 1.82) is 0 Å². The predicted molar refractivity (Wildman–Crippen MR) is 133 cm³/mol. The molecule has 0 bridgehead atoms. The van der Waals surface area contributed by atoms with Gasteiger partial charge in [0.2, 0.25) is 5.91 Å². The summed E-state index contributed by atoms with van der Waals surface area (Å²) >= 11 is 6.92. The summed E-state index contributed by atoms with van der Waals surface area (Å²) in [6, 6.07) is 5.66. The van der Waals surface area contributed by atoms with Crippen LogP contribution < -0.4 is 19.5 Å². The van der Waals surface area contributed by atoms with Gasteiger partial charge in [0.05, 0.1) is 41.5 Å². The van der Waals surface area contributed by atoms with Crippen LogP contribution in [-0.2, 0) is 15.8 Å². The summed E-state index contributed by atoms with van der Waals surface area (Å²) in [4.78, 5) is 38.6. The van der Waals surface area contributed by atoms with Gasteiger partial charge in [0.1, 0.15) is 12.3 Å². The van der Waals surface area contributed by atoms with Gasteiger partial charge in [-0.05, 0) is 61.5 Å². The summed E-state index contributed by atoms with van der Waals surface area (Å²) in [6.07, 6.45) is -3.26. The van der Waals surface area contributed by atoms with Crippen molar-refractivity contribution in [2.24, 2.45) is 0 Å². The van der Waals surface area contributed by atoms with Gasteiger partial charge in [-0.1, -0.05) is 11.6 Å². The molecule has 2 aromatic carbocycles. The molecule has 8 nitrogen and oxygen atoms in total. The van der Waals surface area contributed by atoms with Gasteiger partial charge in [-0.15, -0.1) is 0 Å². The third-order valence-electron chi connectivity index (χ3n) is 4.93. The van der Waals surface area contributed by atoms with Gasteiger partial charge in [0.25, 0.3) is 11.1 Å². The molecule has 3 rings (SSSR count). The Morgan fingerprint density at radius 2 is 1.73 bits per heavy atom. The SMILES string of the molecule is CCOc1cc(Cl)c(/C=C2\SC(=O)N(CC(=O)Nc3cc(C(F)(F)F)ccc3OC)C2=O)cc1OCC. The summed E-state index contributed by atoms with van der Waals surface area (Å²) in [7, 11) is 1.22. The Morgan fingerprint density at radius 3 is 2.32 bits per heavy atom. The summed E-state index contributed by atoms with van der Waals surface area (Å²) in [5, 5.41) is 1.78. The van der Waals surface area contributed by atoms with Gasteiger partial charge >= 0.3 is 6.18 Å². The van der Waals surface area contributed by atoms with Gasteiger partial charge in [-0.3, -0.25) is 19.3 Å². The highest BCUT2D eigenvalue weighted by Gasteiger charge is 2.37. The van der Waals surface area contributed by atoms with E-state index < -0.39 is 35.3 Å². The zero-order chi connectivity index (χ0) is 27.3. The lowest BCUT2D eigenvalue weighted by Gasteiger charge is -2.16. The fourth-order valence-electron chi connectivity index (χ4n) is 3.29. The maximum Gasteiger partial charge on any atom is 0.416 e. The normalized spacial score (nSPS) is 14.8. The van der Waals surface area contributed by atoms with Crippen molar-refractivity contribution < 1.29 is 41.8 Å². The number of methoxy groups -OCH3 is 1. The predicted octanol–water partition coefficient (Wildman–Crippen LogP) is 5.84. The molecule has 1 aliphatic heterocycles. The van der Waals surface area contributed by atoms with Gasteiger partial charge in [0.15, 0.2) is 11.5 Å². The first kappa shape index (κ1) is 28.2. The number of hydrogen-bond acceptors (Lipinski definition) is 7. The van der Waals surface area contributed by atoms with E-state index in [0.717, 1.165) is 12.1 Å². The first-order chi connectivity index (χ1) is 17.5. The van der Waals surface area contributed by atoms with Crippen LogP contribution in [0.1, 0.15) is 25.0 Å². The minimum absolute atomic E-state index is 0.00274. The van der Waals surface area contributed by atoms with E-state index in [9.17, 15) is 27.6 Å². The second-order valence-electron chi connectivity index (χ2n) is 7.42. The second-order valence-corrected chi connectivity index (χ2v) is 8.82. The van der Waals surface area contributed by atoms with Crippen molar-refractivity contribution in [3.8, 4) is 17.2 Å². The Kier molecular flexibility index (Phi) is 8.98. The van der Waals surface area contributed by atoms with Gasteiger partial charge in [-0.2, -0.15) is 13.2 Å². The van der Waals surface area contributed by atoms with Gasteiger partial charge < -0.3 is 19.5 Å². The molecule has 0 saturated carbocycles. The maximum absolute atomic E-state index is 13.1. The Hall–Kier alpha value is -3.38. The van der Waals surface area contributed by atoms with E-state index in [4.69, 9.17) is 25.8 Å². The highest BCUT2D eigenvalue weighted by atomic mass is 35.5. The largest absolute Gasteiger partial charge is 0.495 e. The van der Waals surface area contributed by atoms with Crippen molar-refractivity contribution in [3.05, 3.63) is 51.4 Å². The number of alkyl halides is 3. The lowest BCUT2D eigenvalue weighted by atomic mass is 10.1. The summed E-state index contributed by atoms with van der Waals surface area (Å²) < 4.78 is 55.3. The molecule has 0 spiro atoms. The van der Waals surface area contributed by atoms with E-state index in [-0.39, 0.29) is 21.4 Å². The zero-order valence-corrected chi connectivity index (χ0v) is 21.5. The lowest BCUT2D eigenvalue weighted by molar-refractivity contribution is -0.137. The van der Waals surface area contributed by atoms with Crippen LogP contribution in [0.2, 0.25) is 5.02 Å². The van der Waals surface area contributed by atoms with Gasteiger partial charge in [-0.25, -0.2) is 0 Å². The number of imide groups is 1. The van der Waals surface area contributed by atoms with Crippen LogP contribution >= 0.6 is 23.4 Å². The molecule has 1 aliphatic rings. The Labute approximate surface area is 219 Å². The number of carbonyl (C=O) groups is 3. The molecule has 13 heteroatoms. The molecule has 2 aromatic rings. The standard InChI is InChI=1S/C24H22ClF3N2O6S/c1-4-35-18-8-13(15(25)11-19(18)36-5-2)9-20-22(32)30(23(33)37-20)12-21(31)29-16-10-14(24(26,27)28)6-7-17(16)34-3/h6-11H,4-5,12H2,1-3H3,(H,29,31)/b20-9-. The zero-order valence-electron chi connectivity index (χ0n) is 19.9. The Morgan fingerprint density at radius 1 is 1.08 bits per heavy atom. The minimum Gasteiger partial charge on any atom is -0.495 e. The lowest BCUT2D eigenvalue weighted by Crippen LogP contribution is -2.36. The molecule has 3 amide bonds. The number of amides is 3. The van der Waals surface area contributed by atoms with Crippen LogP contribution in [0, 0.1) is 0 Å². The van der Waals surface area contributed by atoms with Crippen LogP contribution in [0.4, 0.5) is 23.7 Å². The molecule has 1 N–H and O–H groups in total. The monoisotopic (exact) mass is 558 g/mol. The number of benzene rings is 2. The van der Waals surface area contributed by atoms with Crippen molar-refractivity contribution in [1.82, 2.24) is 4.90 Å². The number of nitrogens with zero attached hydrogens (tertiary/aromatic N) is 1. The van der Waals surface area contributed by atoms with Crippen molar-refractivity contribution >= 4 is 52.2 Å². The van der Waals surface area contributed by atoms with Crippen LogP contribution in [0.5, 0.6) is 17.2 Å². The number of ether oxygens (including phenoxy) is 3. The molecule has 0 aliphatic carbocycles.